The molecule has 0 radical (unpaired) electrons. The summed E-state index contributed by atoms with van der Waals surface area (Å²) in [6.45, 7) is 3.81. The Labute approximate surface area is 159 Å². The van der Waals surface area contributed by atoms with E-state index in [-0.39, 0.29) is 23.9 Å². The molecule has 0 saturated heterocycles. The number of hydrogen-bond acceptors (Lipinski definition) is 5. The van der Waals surface area contributed by atoms with E-state index in [2.05, 4.69) is 10.0 Å². The normalized spacial score (nSPS) is 11.1. The molecule has 0 saturated carbocycles. The van der Waals surface area contributed by atoms with Gasteiger partial charge in [-0.15, -0.1) is 0 Å². The molecule has 1 amide bonds. The van der Waals surface area contributed by atoms with Gasteiger partial charge in [0, 0.05) is 18.7 Å². The van der Waals surface area contributed by atoms with Crippen LogP contribution in [0.3, 0.4) is 0 Å². The first kappa shape index (κ1) is 20.7. The van der Waals surface area contributed by atoms with Crippen molar-refractivity contribution in [2.24, 2.45) is 0 Å². The minimum atomic E-state index is -3.63. The van der Waals surface area contributed by atoms with Crippen LogP contribution in [-0.4, -0.2) is 41.6 Å². The third-order valence-corrected chi connectivity index (χ3v) is 5.58. The van der Waals surface area contributed by atoms with E-state index in [0.717, 1.165) is 5.56 Å². The largest absolute Gasteiger partial charge is 0.493 e. The number of amides is 1. The maximum atomic E-state index is 12.4. The highest BCUT2D eigenvalue weighted by atomic mass is 32.2. The Morgan fingerprint density at radius 1 is 0.963 bits per heavy atom. The third kappa shape index (κ3) is 5.21. The molecule has 2 aromatic carbocycles. The smallest absolute Gasteiger partial charge is 0.251 e. The summed E-state index contributed by atoms with van der Waals surface area (Å²) in [5, 5.41) is 2.68. The quantitative estimate of drug-likeness (QED) is 0.671. The second kappa shape index (κ2) is 8.88. The number of methoxy groups -OCH3 is 2. The summed E-state index contributed by atoms with van der Waals surface area (Å²) in [6, 6.07) is 10.1. The van der Waals surface area contributed by atoms with Gasteiger partial charge in [0.1, 0.15) is 0 Å². The lowest BCUT2D eigenvalue weighted by molar-refractivity contribution is 0.0954. The lowest BCUT2D eigenvalue weighted by Crippen LogP contribution is -2.35. The number of aryl methyl sites for hydroxylation is 2. The Hall–Kier alpha value is -2.58. The van der Waals surface area contributed by atoms with E-state index >= 15 is 0 Å². The zero-order valence-corrected chi connectivity index (χ0v) is 16.6. The van der Waals surface area contributed by atoms with Gasteiger partial charge in [0.15, 0.2) is 11.5 Å². The van der Waals surface area contributed by atoms with E-state index in [0.29, 0.717) is 22.6 Å². The van der Waals surface area contributed by atoms with Crippen LogP contribution in [0.1, 0.15) is 21.5 Å². The number of rotatable bonds is 8. The van der Waals surface area contributed by atoms with Crippen molar-refractivity contribution < 1.29 is 22.7 Å². The number of ether oxygens (including phenoxy) is 2. The van der Waals surface area contributed by atoms with Crippen LogP contribution < -0.4 is 19.5 Å². The molecule has 0 spiro atoms. The number of hydrogen-bond donors (Lipinski definition) is 2. The first-order valence-electron chi connectivity index (χ1n) is 8.35. The first-order chi connectivity index (χ1) is 12.8. The molecule has 0 bridgehead atoms. The molecule has 0 heterocycles. The van der Waals surface area contributed by atoms with Crippen LogP contribution in [0.25, 0.3) is 0 Å². The average molecular weight is 392 g/mol. The first-order valence-corrected chi connectivity index (χ1v) is 9.84. The van der Waals surface area contributed by atoms with Gasteiger partial charge in [-0.25, -0.2) is 13.1 Å². The van der Waals surface area contributed by atoms with Crippen LogP contribution in [-0.2, 0) is 10.0 Å². The fourth-order valence-electron chi connectivity index (χ4n) is 2.52. The molecular formula is C19H24N2O5S. The van der Waals surface area contributed by atoms with Gasteiger partial charge < -0.3 is 14.8 Å². The summed E-state index contributed by atoms with van der Waals surface area (Å²) in [6.07, 6.45) is 0. The second-order valence-electron chi connectivity index (χ2n) is 5.99. The van der Waals surface area contributed by atoms with E-state index in [4.69, 9.17) is 9.47 Å². The standard InChI is InChI=1S/C19H24N2O5S/c1-13-5-6-14(2)18(11-13)27(23,24)21-10-9-20-19(22)15-7-8-16(25-3)17(12-15)26-4/h5-8,11-12,21H,9-10H2,1-4H3,(H,20,22). The maximum absolute atomic E-state index is 12.4. The number of nitrogens with one attached hydrogen (secondary N) is 2. The average Bonchev–Trinajstić information content (AvgIpc) is 2.66. The van der Waals surface area contributed by atoms with Gasteiger partial charge in [-0.05, 0) is 49.2 Å². The Morgan fingerprint density at radius 2 is 1.67 bits per heavy atom. The summed E-state index contributed by atoms with van der Waals surface area (Å²) in [5.41, 5.74) is 1.93. The van der Waals surface area contributed by atoms with E-state index < -0.39 is 10.0 Å². The maximum Gasteiger partial charge on any atom is 0.251 e. The SMILES string of the molecule is COc1ccc(C(=O)NCCNS(=O)(=O)c2cc(C)ccc2C)cc1OC. The van der Waals surface area contributed by atoms with E-state index in [9.17, 15) is 13.2 Å². The Bertz CT molecular complexity index is 926. The highest BCUT2D eigenvalue weighted by molar-refractivity contribution is 7.89. The zero-order chi connectivity index (χ0) is 20.0. The molecule has 8 heteroatoms. The zero-order valence-electron chi connectivity index (χ0n) is 15.8. The second-order valence-corrected chi connectivity index (χ2v) is 7.73. The lowest BCUT2D eigenvalue weighted by Gasteiger charge is -2.12. The van der Waals surface area contributed by atoms with Gasteiger partial charge in [-0.1, -0.05) is 12.1 Å². The predicted octanol–water partition coefficient (Wildman–Crippen LogP) is 2.03. The number of carbonyl (C=O) groups excluding carboxylic acids is 1. The fourth-order valence-corrected chi connectivity index (χ4v) is 3.87. The lowest BCUT2D eigenvalue weighted by atomic mass is 10.2. The van der Waals surface area contributed by atoms with Gasteiger partial charge in [0.05, 0.1) is 19.1 Å². The number of sulfonamides is 1. The molecule has 0 aromatic heterocycles. The highest BCUT2D eigenvalue weighted by Gasteiger charge is 2.16. The monoisotopic (exact) mass is 392 g/mol. The van der Waals surface area contributed by atoms with Crippen molar-refractivity contribution in [1.82, 2.24) is 10.0 Å². The minimum absolute atomic E-state index is 0.0781. The number of benzene rings is 2. The molecule has 2 rings (SSSR count). The van der Waals surface area contributed by atoms with Crippen molar-refractivity contribution in [3.05, 3.63) is 53.1 Å². The fraction of sp³-hybridized carbons (Fsp3) is 0.316. The van der Waals surface area contributed by atoms with Gasteiger partial charge >= 0.3 is 0 Å². The van der Waals surface area contributed by atoms with Crippen molar-refractivity contribution in [2.75, 3.05) is 27.3 Å². The van der Waals surface area contributed by atoms with E-state index in [1.807, 2.05) is 13.0 Å². The molecule has 0 aliphatic heterocycles. The van der Waals surface area contributed by atoms with Crippen LogP contribution in [0.4, 0.5) is 0 Å². The highest BCUT2D eigenvalue weighted by Crippen LogP contribution is 2.27. The molecule has 0 fully saturated rings. The van der Waals surface area contributed by atoms with Gasteiger partial charge in [0.2, 0.25) is 10.0 Å². The molecule has 0 aliphatic carbocycles. The van der Waals surface area contributed by atoms with Gasteiger partial charge in [0.25, 0.3) is 5.91 Å². The van der Waals surface area contributed by atoms with Crippen molar-refractivity contribution in [1.29, 1.82) is 0 Å². The summed E-state index contributed by atoms with van der Waals surface area (Å²) in [7, 11) is -0.632. The van der Waals surface area contributed by atoms with Crippen molar-refractivity contribution in [3.63, 3.8) is 0 Å². The minimum Gasteiger partial charge on any atom is -0.493 e. The molecular weight excluding hydrogens is 368 g/mol. The topological polar surface area (TPSA) is 93.7 Å². The molecule has 0 unspecified atom stereocenters. The third-order valence-electron chi connectivity index (χ3n) is 3.98. The van der Waals surface area contributed by atoms with Gasteiger partial charge in [-0.2, -0.15) is 0 Å². The summed E-state index contributed by atoms with van der Waals surface area (Å²) < 4.78 is 37.6. The predicted molar refractivity (Wildman–Crippen MR) is 103 cm³/mol. The van der Waals surface area contributed by atoms with E-state index in [1.54, 1.807) is 37.3 Å². The number of carbonyl (C=O) groups is 1. The Balaban J connectivity index is 1.94. The van der Waals surface area contributed by atoms with Crippen LogP contribution in [0, 0.1) is 13.8 Å². The summed E-state index contributed by atoms with van der Waals surface area (Å²) in [5.74, 6) is 0.637. The molecule has 0 aliphatic rings. The van der Waals surface area contributed by atoms with Crippen LogP contribution >= 0.6 is 0 Å². The summed E-state index contributed by atoms with van der Waals surface area (Å²) in [4.78, 5) is 12.5. The Morgan fingerprint density at radius 3 is 2.33 bits per heavy atom. The molecule has 2 N–H and O–H groups in total. The van der Waals surface area contributed by atoms with Crippen molar-refractivity contribution in [3.8, 4) is 11.5 Å². The van der Waals surface area contributed by atoms with Crippen molar-refractivity contribution in [2.45, 2.75) is 18.7 Å². The molecule has 0 atom stereocenters. The Kier molecular flexibility index (Phi) is 6.81. The molecule has 2 aromatic rings. The van der Waals surface area contributed by atoms with Gasteiger partial charge in [-0.3, -0.25) is 4.79 Å². The van der Waals surface area contributed by atoms with Crippen LogP contribution in [0.2, 0.25) is 0 Å². The molecule has 7 nitrogen and oxygen atoms in total. The van der Waals surface area contributed by atoms with Crippen LogP contribution in [0.15, 0.2) is 41.3 Å². The summed E-state index contributed by atoms with van der Waals surface area (Å²) >= 11 is 0. The van der Waals surface area contributed by atoms with Crippen molar-refractivity contribution >= 4 is 15.9 Å². The molecule has 146 valence electrons. The molecule has 27 heavy (non-hydrogen) atoms. The van der Waals surface area contributed by atoms with Crippen LogP contribution in [0.5, 0.6) is 11.5 Å². The van der Waals surface area contributed by atoms with E-state index in [1.165, 1.54) is 14.2 Å².